The number of imidazole rings is 1. The van der Waals surface area contributed by atoms with Crippen LogP contribution in [0.5, 0.6) is 0 Å². The summed E-state index contributed by atoms with van der Waals surface area (Å²) in [5, 5.41) is 3.05. The lowest BCUT2D eigenvalue weighted by molar-refractivity contribution is 0.630. The monoisotopic (exact) mass is 317 g/mol. The van der Waals surface area contributed by atoms with Gasteiger partial charge in [0, 0.05) is 39.8 Å². The van der Waals surface area contributed by atoms with Gasteiger partial charge in [-0.15, -0.1) is 22.7 Å². The number of hydrogen-bond donors (Lipinski definition) is 1. The summed E-state index contributed by atoms with van der Waals surface area (Å²) in [4.78, 5) is 6.60. The molecule has 6 heteroatoms. The molecule has 1 aromatic carbocycles. The summed E-state index contributed by atoms with van der Waals surface area (Å²) in [5.41, 5.74) is 7.27. The van der Waals surface area contributed by atoms with Gasteiger partial charge in [0.1, 0.15) is 5.82 Å². The molecule has 0 radical (unpaired) electrons. The fourth-order valence-electron chi connectivity index (χ4n) is 2.41. The van der Waals surface area contributed by atoms with Gasteiger partial charge in [0.25, 0.3) is 0 Å². The van der Waals surface area contributed by atoms with Crippen molar-refractivity contribution in [1.29, 1.82) is 0 Å². The normalized spacial score (nSPS) is 13.2. The number of rotatable bonds is 3. The van der Waals surface area contributed by atoms with Gasteiger partial charge in [0.05, 0.1) is 5.69 Å². The van der Waals surface area contributed by atoms with E-state index in [1.54, 1.807) is 34.8 Å². The molecule has 21 heavy (non-hydrogen) atoms. The van der Waals surface area contributed by atoms with E-state index in [4.69, 9.17) is 5.73 Å². The van der Waals surface area contributed by atoms with Crippen LogP contribution in [-0.4, -0.2) is 9.38 Å². The lowest BCUT2D eigenvalue weighted by Crippen LogP contribution is -2.11. The number of aromatic nitrogens is 2. The largest absolute Gasteiger partial charge is 0.323 e. The molecule has 0 saturated heterocycles. The van der Waals surface area contributed by atoms with Crippen molar-refractivity contribution in [3.8, 4) is 0 Å². The number of nitrogens with two attached hydrogens (primary N) is 1. The summed E-state index contributed by atoms with van der Waals surface area (Å²) >= 11 is 3.16. The summed E-state index contributed by atoms with van der Waals surface area (Å²) in [6.45, 7) is 0. The molecular weight excluding hydrogens is 305 g/mol. The molecule has 3 heterocycles. The average molecular weight is 317 g/mol. The maximum atomic E-state index is 13.2. The Hall–Kier alpha value is -1.76. The van der Waals surface area contributed by atoms with E-state index in [2.05, 4.69) is 4.98 Å². The molecule has 0 spiro atoms. The molecule has 0 aliphatic rings. The summed E-state index contributed by atoms with van der Waals surface area (Å²) in [7, 11) is 0. The second-order valence-corrected chi connectivity index (χ2v) is 6.95. The number of benzene rings is 1. The Balaban J connectivity index is 1.63. The highest BCUT2D eigenvalue weighted by Crippen LogP contribution is 2.31. The molecule has 0 fully saturated rings. The third-order valence-corrected chi connectivity index (χ3v) is 5.44. The van der Waals surface area contributed by atoms with E-state index in [1.165, 1.54) is 6.07 Å². The highest BCUT2D eigenvalue weighted by molar-refractivity contribution is 7.19. The number of thiophene rings is 1. The van der Waals surface area contributed by atoms with Crippen LogP contribution in [0.2, 0.25) is 0 Å². The number of nitrogens with zero attached hydrogens (tertiary/aromatic N) is 2. The Bertz CT molecular complexity index is 893. The van der Waals surface area contributed by atoms with Crippen LogP contribution in [0, 0.1) is 5.82 Å². The van der Waals surface area contributed by atoms with Crippen LogP contribution in [-0.2, 0) is 6.42 Å². The zero-order valence-electron chi connectivity index (χ0n) is 11.0. The van der Waals surface area contributed by atoms with E-state index in [9.17, 15) is 4.39 Å². The third kappa shape index (κ3) is 2.35. The predicted molar refractivity (Wildman–Crippen MR) is 85.5 cm³/mol. The molecule has 0 bridgehead atoms. The van der Waals surface area contributed by atoms with Gasteiger partial charge in [-0.1, -0.05) is 6.07 Å². The molecular formula is C15H12FN3S2. The maximum absolute atomic E-state index is 13.2. The second kappa shape index (κ2) is 4.91. The van der Waals surface area contributed by atoms with Crippen molar-refractivity contribution >= 4 is 37.7 Å². The highest BCUT2D eigenvalue weighted by atomic mass is 32.1. The number of hydrogen-bond acceptors (Lipinski definition) is 4. The number of fused-ring (bicyclic) bond motifs is 2. The van der Waals surface area contributed by atoms with E-state index in [1.807, 2.05) is 28.2 Å². The van der Waals surface area contributed by atoms with Gasteiger partial charge >= 0.3 is 0 Å². The Labute approximate surface area is 128 Å². The fourth-order valence-corrected chi connectivity index (χ4v) is 4.22. The van der Waals surface area contributed by atoms with Crippen LogP contribution in [0.15, 0.2) is 42.0 Å². The van der Waals surface area contributed by atoms with Crippen LogP contribution < -0.4 is 5.73 Å². The van der Waals surface area contributed by atoms with E-state index in [-0.39, 0.29) is 11.9 Å². The van der Waals surface area contributed by atoms with Gasteiger partial charge in [-0.05, 0) is 23.6 Å². The third-order valence-electron chi connectivity index (χ3n) is 3.44. The van der Waals surface area contributed by atoms with Gasteiger partial charge < -0.3 is 5.73 Å². The zero-order chi connectivity index (χ0) is 14.4. The molecule has 3 nitrogen and oxygen atoms in total. The Morgan fingerprint density at radius 1 is 1.33 bits per heavy atom. The fraction of sp³-hybridized carbons (Fsp3) is 0.133. The summed E-state index contributed by atoms with van der Waals surface area (Å²) in [6.07, 6.45) is 4.69. The molecule has 0 saturated carbocycles. The highest BCUT2D eigenvalue weighted by Gasteiger charge is 2.13. The summed E-state index contributed by atoms with van der Waals surface area (Å²) in [6, 6.07) is 6.76. The van der Waals surface area contributed by atoms with Crippen LogP contribution in [0.1, 0.15) is 16.6 Å². The minimum atomic E-state index is -0.209. The first-order chi connectivity index (χ1) is 10.2. The molecule has 1 atom stereocenters. The second-order valence-electron chi connectivity index (χ2n) is 4.97. The maximum Gasteiger partial charge on any atom is 0.193 e. The lowest BCUT2D eigenvalue weighted by Gasteiger charge is -2.06. The molecule has 1 unspecified atom stereocenters. The van der Waals surface area contributed by atoms with Gasteiger partial charge in [-0.3, -0.25) is 4.40 Å². The van der Waals surface area contributed by atoms with Crippen molar-refractivity contribution < 1.29 is 4.39 Å². The average Bonchev–Trinajstić information content (AvgIpc) is 3.10. The lowest BCUT2D eigenvalue weighted by atomic mass is 10.1. The van der Waals surface area contributed by atoms with Gasteiger partial charge in [-0.2, -0.15) is 0 Å². The summed E-state index contributed by atoms with van der Waals surface area (Å²) in [5.74, 6) is -0.209. The van der Waals surface area contributed by atoms with E-state index in [0.29, 0.717) is 6.42 Å². The van der Waals surface area contributed by atoms with Crippen molar-refractivity contribution in [3.63, 3.8) is 0 Å². The van der Waals surface area contributed by atoms with Gasteiger partial charge in [0.2, 0.25) is 0 Å². The molecule has 0 amide bonds. The summed E-state index contributed by atoms with van der Waals surface area (Å²) < 4.78 is 16.2. The van der Waals surface area contributed by atoms with Crippen molar-refractivity contribution in [1.82, 2.24) is 9.38 Å². The molecule has 4 rings (SSSR count). The van der Waals surface area contributed by atoms with Crippen LogP contribution >= 0.6 is 22.7 Å². The Morgan fingerprint density at radius 2 is 2.24 bits per heavy atom. The topological polar surface area (TPSA) is 43.3 Å². The number of halogens is 1. The van der Waals surface area contributed by atoms with Crippen molar-refractivity contribution in [3.05, 3.63) is 58.4 Å². The van der Waals surface area contributed by atoms with Crippen LogP contribution in [0.4, 0.5) is 4.39 Å². The smallest absolute Gasteiger partial charge is 0.193 e. The quantitative estimate of drug-likeness (QED) is 0.621. The minimum absolute atomic E-state index is 0.116. The SMILES string of the molecule is NC(Cc1cn2ccsc2n1)c1cc2ccc(F)cc2s1. The Kier molecular flexibility index (Phi) is 3.02. The zero-order valence-corrected chi connectivity index (χ0v) is 12.6. The Morgan fingerprint density at radius 3 is 3.10 bits per heavy atom. The molecule has 0 aliphatic carbocycles. The van der Waals surface area contributed by atoms with Crippen molar-refractivity contribution in [2.24, 2.45) is 5.73 Å². The standard InChI is InChI=1S/C15H12FN3S2/c16-10-2-1-9-5-14(21-13(9)6-10)12(17)7-11-8-19-3-4-20-15(19)18-11/h1-6,8,12H,7,17H2. The van der Waals surface area contributed by atoms with E-state index >= 15 is 0 Å². The molecule has 106 valence electrons. The van der Waals surface area contributed by atoms with Gasteiger partial charge in [0.15, 0.2) is 4.96 Å². The molecule has 2 N–H and O–H groups in total. The predicted octanol–water partition coefficient (Wildman–Crippen LogP) is 3.99. The van der Waals surface area contributed by atoms with E-state index < -0.39 is 0 Å². The van der Waals surface area contributed by atoms with E-state index in [0.717, 1.165) is 25.6 Å². The first-order valence-corrected chi connectivity index (χ1v) is 8.24. The first kappa shape index (κ1) is 12.9. The molecule has 4 aromatic rings. The van der Waals surface area contributed by atoms with Crippen LogP contribution in [0.25, 0.3) is 15.0 Å². The van der Waals surface area contributed by atoms with Gasteiger partial charge in [-0.25, -0.2) is 9.37 Å². The molecule has 0 aliphatic heterocycles. The first-order valence-electron chi connectivity index (χ1n) is 6.55. The minimum Gasteiger partial charge on any atom is -0.323 e. The van der Waals surface area contributed by atoms with Crippen molar-refractivity contribution in [2.45, 2.75) is 12.5 Å². The van der Waals surface area contributed by atoms with Crippen molar-refractivity contribution in [2.75, 3.05) is 0 Å². The van der Waals surface area contributed by atoms with Crippen LogP contribution in [0.3, 0.4) is 0 Å². The molecule has 3 aromatic heterocycles. The number of thiazole rings is 1.